The Balaban J connectivity index is 1.16. The number of allylic oxidation sites excluding steroid dienone is 2. The molecule has 57 heavy (non-hydrogen) atoms. The first-order chi connectivity index (χ1) is 27.3. The molecule has 2 heterocycles. The zero-order valence-corrected chi connectivity index (χ0v) is 33.6. The molecule has 6 atom stereocenters. The van der Waals surface area contributed by atoms with Gasteiger partial charge >= 0.3 is 0 Å². The number of carbonyl (C=O) groups excluding carboxylic acids is 4. The molecule has 0 aromatic heterocycles. The van der Waals surface area contributed by atoms with Gasteiger partial charge in [0, 0.05) is 21.5 Å². The number of aromatic hydroxyl groups is 1. The SMILES string of the molecule is COc1ccc(OC)c(C=Cc2ccc(N3C(=O)C4CC=C5C(CC6C(=O)N(c7ccc(F)c(Cl)c7)C(=O)C6(C)C5c5cc(Br)cc(OC)c5O)C4C3=O)cc2)c1. The first kappa shape index (κ1) is 38.4. The van der Waals surface area contributed by atoms with Crippen molar-refractivity contribution in [2.45, 2.75) is 25.7 Å². The number of imide groups is 2. The van der Waals surface area contributed by atoms with Gasteiger partial charge in [0.25, 0.3) is 0 Å². The molecule has 1 saturated carbocycles. The number of halogens is 3. The number of fused-ring (bicyclic) bond motifs is 4. The normalized spacial score (nSPS) is 25.4. The summed E-state index contributed by atoms with van der Waals surface area (Å²) in [7, 11) is 4.59. The molecule has 0 radical (unpaired) electrons. The Morgan fingerprint density at radius 3 is 2.23 bits per heavy atom. The number of carbonyl (C=O) groups is 4. The molecule has 0 bridgehead atoms. The Hall–Kier alpha value is -5.46. The van der Waals surface area contributed by atoms with Crippen LogP contribution >= 0.6 is 27.5 Å². The van der Waals surface area contributed by atoms with Gasteiger partial charge in [-0.2, -0.15) is 0 Å². The molecule has 6 unspecified atom stereocenters. The number of nitrogens with zero attached hydrogens (tertiary/aromatic N) is 2. The largest absolute Gasteiger partial charge is 0.504 e. The van der Waals surface area contributed by atoms with E-state index in [0.717, 1.165) is 22.1 Å². The molecule has 13 heteroatoms. The van der Waals surface area contributed by atoms with Gasteiger partial charge in [0.1, 0.15) is 17.3 Å². The summed E-state index contributed by atoms with van der Waals surface area (Å²) in [6, 6.07) is 19.5. The second kappa shape index (κ2) is 14.5. The summed E-state index contributed by atoms with van der Waals surface area (Å²) < 4.78 is 31.2. The summed E-state index contributed by atoms with van der Waals surface area (Å²) in [5.41, 5.74) is 1.70. The predicted octanol–water partition coefficient (Wildman–Crippen LogP) is 8.58. The number of anilines is 2. The lowest BCUT2D eigenvalue weighted by molar-refractivity contribution is -0.131. The summed E-state index contributed by atoms with van der Waals surface area (Å²) in [4.78, 5) is 60.3. The average Bonchev–Trinajstić information content (AvgIpc) is 3.58. The highest BCUT2D eigenvalue weighted by atomic mass is 79.9. The molecule has 292 valence electrons. The van der Waals surface area contributed by atoms with Crippen LogP contribution in [0.2, 0.25) is 5.02 Å². The minimum Gasteiger partial charge on any atom is -0.504 e. The maximum absolute atomic E-state index is 14.7. The fourth-order valence-electron chi connectivity index (χ4n) is 9.34. The molecule has 2 aliphatic heterocycles. The molecule has 2 aliphatic carbocycles. The van der Waals surface area contributed by atoms with E-state index in [1.165, 1.54) is 24.1 Å². The van der Waals surface area contributed by atoms with Crippen LogP contribution < -0.4 is 24.0 Å². The number of phenolic OH excluding ortho intramolecular Hbond substituents is 1. The van der Waals surface area contributed by atoms with Crippen LogP contribution in [0.4, 0.5) is 15.8 Å². The van der Waals surface area contributed by atoms with Crippen LogP contribution in [-0.4, -0.2) is 50.1 Å². The van der Waals surface area contributed by atoms with E-state index >= 15 is 0 Å². The van der Waals surface area contributed by atoms with E-state index in [-0.39, 0.29) is 41.0 Å². The summed E-state index contributed by atoms with van der Waals surface area (Å²) in [6.45, 7) is 1.69. The third kappa shape index (κ3) is 6.03. The molecule has 8 rings (SSSR count). The van der Waals surface area contributed by atoms with Crippen LogP contribution in [-0.2, 0) is 19.2 Å². The Labute approximate surface area is 341 Å². The van der Waals surface area contributed by atoms with E-state index in [0.29, 0.717) is 32.8 Å². The van der Waals surface area contributed by atoms with Crippen molar-refractivity contribution in [2.24, 2.45) is 29.1 Å². The number of amides is 4. The van der Waals surface area contributed by atoms with E-state index in [1.807, 2.05) is 48.6 Å². The van der Waals surface area contributed by atoms with E-state index in [1.54, 1.807) is 45.4 Å². The van der Waals surface area contributed by atoms with Crippen molar-refractivity contribution in [1.82, 2.24) is 0 Å². The molecular weight excluding hydrogens is 819 g/mol. The van der Waals surface area contributed by atoms with Crippen molar-refractivity contribution in [1.29, 1.82) is 0 Å². The smallest absolute Gasteiger partial charge is 0.241 e. The predicted molar refractivity (Wildman–Crippen MR) is 216 cm³/mol. The first-order valence-electron chi connectivity index (χ1n) is 18.3. The quantitative estimate of drug-likeness (QED) is 0.106. The fourth-order valence-corrected chi connectivity index (χ4v) is 9.97. The molecule has 4 aliphatic rings. The van der Waals surface area contributed by atoms with Crippen LogP contribution in [0.1, 0.15) is 42.4 Å². The lowest BCUT2D eigenvalue weighted by Gasteiger charge is -2.49. The van der Waals surface area contributed by atoms with Crippen molar-refractivity contribution in [3.63, 3.8) is 0 Å². The highest BCUT2D eigenvalue weighted by Crippen LogP contribution is 2.65. The van der Waals surface area contributed by atoms with E-state index in [9.17, 15) is 28.7 Å². The average molecular weight is 856 g/mol. The van der Waals surface area contributed by atoms with Crippen molar-refractivity contribution < 1.29 is 42.9 Å². The van der Waals surface area contributed by atoms with Crippen molar-refractivity contribution in [3.05, 3.63) is 116 Å². The van der Waals surface area contributed by atoms with Gasteiger partial charge in [-0.15, -0.1) is 0 Å². The van der Waals surface area contributed by atoms with Gasteiger partial charge in [-0.3, -0.25) is 24.1 Å². The van der Waals surface area contributed by atoms with E-state index < -0.39 is 58.5 Å². The summed E-state index contributed by atoms with van der Waals surface area (Å²) >= 11 is 9.64. The number of phenols is 1. The monoisotopic (exact) mass is 854 g/mol. The second-order valence-electron chi connectivity index (χ2n) is 14.9. The lowest BCUT2D eigenvalue weighted by Crippen LogP contribution is -2.49. The van der Waals surface area contributed by atoms with Crippen LogP contribution in [0.15, 0.2) is 88.9 Å². The van der Waals surface area contributed by atoms with Gasteiger partial charge in [0.2, 0.25) is 23.6 Å². The minimum atomic E-state index is -1.46. The molecule has 1 N–H and O–H groups in total. The molecule has 0 spiro atoms. The maximum Gasteiger partial charge on any atom is 0.241 e. The van der Waals surface area contributed by atoms with Crippen molar-refractivity contribution >= 4 is 74.7 Å². The van der Waals surface area contributed by atoms with Crippen LogP contribution in [0, 0.1) is 34.9 Å². The molecule has 4 amide bonds. The van der Waals surface area contributed by atoms with Gasteiger partial charge in [0.05, 0.1) is 60.9 Å². The molecule has 4 aromatic rings. The zero-order chi connectivity index (χ0) is 40.5. The third-order valence-electron chi connectivity index (χ3n) is 12.1. The van der Waals surface area contributed by atoms with Crippen LogP contribution in [0.25, 0.3) is 12.2 Å². The topological polar surface area (TPSA) is 123 Å². The van der Waals surface area contributed by atoms with Crippen LogP contribution in [0.3, 0.4) is 0 Å². The summed E-state index contributed by atoms with van der Waals surface area (Å²) in [5, 5.41) is 11.4. The summed E-state index contributed by atoms with van der Waals surface area (Å²) in [6.07, 6.45) is 5.97. The number of methoxy groups -OCH3 is 3. The van der Waals surface area contributed by atoms with Gasteiger partial charge in [0.15, 0.2) is 11.5 Å². The Morgan fingerprint density at radius 2 is 1.54 bits per heavy atom. The molecule has 3 fully saturated rings. The van der Waals surface area contributed by atoms with Gasteiger partial charge in [-0.25, -0.2) is 9.29 Å². The summed E-state index contributed by atoms with van der Waals surface area (Å²) in [5.74, 6) is -5.33. The zero-order valence-electron chi connectivity index (χ0n) is 31.3. The Morgan fingerprint density at radius 1 is 0.825 bits per heavy atom. The van der Waals surface area contributed by atoms with Gasteiger partial charge in [-0.05, 0) is 91.9 Å². The van der Waals surface area contributed by atoms with Crippen molar-refractivity contribution in [2.75, 3.05) is 31.1 Å². The van der Waals surface area contributed by atoms with Gasteiger partial charge in [-0.1, -0.05) is 63.5 Å². The number of hydrogen-bond acceptors (Lipinski definition) is 8. The maximum atomic E-state index is 14.7. The number of benzene rings is 4. The molecular formula is C44H37BrClFN2O8. The van der Waals surface area contributed by atoms with E-state index in [4.69, 9.17) is 25.8 Å². The molecule has 10 nitrogen and oxygen atoms in total. The standard InChI is InChI=1S/C44H37BrClFN2O8/c1-44-32(41(52)49(43(44)54)26-11-15-34(47)33(46)20-26)21-30-28(38(44)31-18-24(45)19-36(57-4)39(31)50)13-14-29-37(30)42(53)48(40(29)51)25-9-6-22(7-10-25)5-8-23-17-27(55-2)12-16-35(23)56-3/h5-13,15-20,29-30,32,37-38,50H,14,21H2,1-4H3. The first-order valence-corrected chi connectivity index (χ1v) is 19.5. The number of hydrogen-bond donors (Lipinski definition) is 1. The van der Waals surface area contributed by atoms with E-state index in [2.05, 4.69) is 15.9 Å². The molecule has 4 aromatic carbocycles. The van der Waals surface area contributed by atoms with Gasteiger partial charge < -0.3 is 19.3 Å². The second-order valence-corrected chi connectivity index (χ2v) is 16.2. The minimum absolute atomic E-state index is 0.0895. The fraction of sp³-hybridized carbons (Fsp3) is 0.273. The van der Waals surface area contributed by atoms with Crippen molar-refractivity contribution in [3.8, 4) is 23.0 Å². The highest BCUT2D eigenvalue weighted by Gasteiger charge is 2.68. The number of rotatable bonds is 8. The number of ether oxygens (including phenoxy) is 3. The Kier molecular flexibility index (Phi) is 9.76. The highest BCUT2D eigenvalue weighted by molar-refractivity contribution is 9.10. The lowest BCUT2D eigenvalue weighted by atomic mass is 9.51. The Bertz CT molecular complexity index is 2440. The third-order valence-corrected chi connectivity index (χ3v) is 12.8. The molecule has 2 saturated heterocycles. The van der Waals surface area contributed by atoms with Crippen LogP contribution in [0.5, 0.6) is 23.0 Å².